The van der Waals surface area contributed by atoms with Crippen LogP contribution in [-0.4, -0.2) is 42.1 Å². The van der Waals surface area contributed by atoms with E-state index in [1.165, 1.54) is 11.8 Å². The smallest absolute Gasteiger partial charge is 0.313 e. The normalized spacial score (nSPS) is 10.0. The van der Waals surface area contributed by atoms with Crippen LogP contribution in [-0.2, 0) is 4.79 Å². The maximum atomic E-state index is 11.9. The molecule has 0 bridgehead atoms. The van der Waals surface area contributed by atoms with Crippen LogP contribution >= 0.6 is 34.4 Å². The summed E-state index contributed by atoms with van der Waals surface area (Å²) < 4.78 is 5.88. The summed E-state index contributed by atoms with van der Waals surface area (Å²) in [6.45, 7) is 0.443. The Hall–Kier alpha value is -0.960. The quantitative estimate of drug-likeness (QED) is 0.545. The number of hydrogen-bond acceptors (Lipinski definition) is 4. The topological polar surface area (TPSA) is 75.6 Å². The molecular formula is C12H14INO4S. The molecule has 104 valence electrons. The summed E-state index contributed by atoms with van der Waals surface area (Å²) in [6.07, 6.45) is 0. The van der Waals surface area contributed by atoms with Gasteiger partial charge in [0.2, 0.25) is 0 Å². The molecule has 7 heteroatoms. The van der Waals surface area contributed by atoms with Crippen molar-refractivity contribution >= 4 is 46.2 Å². The summed E-state index contributed by atoms with van der Waals surface area (Å²) in [5.41, 5.74) is 0.588. The van der Waals surface area contributed by atoms with E-state index in [2.05, 4.69) is 27.9 Å². The van der Waals surface area contributed by atoms with Gasteiger partial charge in [-0.25, -0.2) is 0 Å². The fraction of sp³-hybridized carbons (Fsp3) is 0.333. The Balaban J connectivity index is 2.43. The summed E-state index contributed by atoms with van der Waals surface area (Å²) in [5.74, 6) is 0.322. The largest absolute Gasteiger partial charge is 0.497 e. The predicted octanol–water partition coefficient (Wildman–Crippen LogP) is 1.85. The second kappa shape index (κ2) is 8.26. The van der Waals surface area contributed by atoms with Gasteiger partial charge in [0.1, 0.15) is 5.75 Å². The second-order valence-corrected chi connectivity index (χ2v) is 5.82. The lowest BCUT2D eigenvalue weighted by Crippen LogP contribution is -2.26. The molecule has 0 saturated carbocycles. The molecule has 5 nitrogen and oxygen atoms in total. The number of carbonyl (C=O) groups excluding carboxylic acids is 1. The average molecular weight is 395 g/mol. The molecule has 0 aliphatic carbocycles. The summed E-state index contributed by atoms with van der Waals surface area (Å²) in [6, 6.07) is 5.23. The number of rotatable bonds is 7. The van der Waals surface area contributed by atoms with E-state index in [9.17, 15) is 9.59 Å². The zero-order chi connectivity index (χ0) is 14.3. The second-order valence-electron chi connectivity index (χ2n) is 3.55. The molecule has 19 heavy (non-hydrogen) atoms. The molecule has 0 spiro atoms. The van der Waals surface area contributed by atoms with Gasteiger partial charge >= 0.3 is 5.97 Å². The molecule has 0 aliphatic heterocycles. The van der Waals surface area contributed by atoms with Gasteiger partial charge in [0.25, 0.3) is 5.91 Å². The Labute approximate surface area is 129 Å². The number of methoxy groups -OCH3 is 1. The summed E-state index contributed by atoms with van der Waals surface area (Å²) in [5, 5.41) is 11.2. The van der Waals surface area contributed by atoms with Gasteiger partial charge in [-0.1, -0.05) is 0 Å². The average Bonchev–Trinajstić information content (AvgIpc) is 2.37. The van der Waals surface area contributed by atoms with Gasteiger partial charge in [-0.15, -0.1) is 11.8 Å². The molecule has 0 radical (unpaired) electrons. The van der Waals surface area contributed by atoms with Crippen LogP contribution in [0.15, 0.2) is 18.2 Å². The number of thioether (sulfide) groups is 1. The molecule has 0 fully saturated rings. The van der Waals surface area contributed by atoms with Gasteiger partial charge in [0.15, 0.2) is 0 Å². The summed E-state index contributed by atoms with van der Waals surface area (Å²) in [4.78, 5) is 22.2. The van der Waals surface area contributed by atoms with E-state index in [4.69, 9.17) is 9.84 Å². The van der Waals surface area contributed by atoms with Crippen LogP contribution in [0.25, 0.3) is 0 Å². The van der Waals surface area contributed by atoms with Crippen molar-refractivity contribution in [3.63, 3.8) is 0 Å². The van der Waals surface area contributed by atoms with Crippen LogP contribution in [0.3, 0.4) is 0 Å². The highest BCUT2D eigenvalue weighted by atomic mass is 127. The number of carbonyl (C=O) groups is 2. The Bertz CT molecular complexity index is 467. The van der Waals surface area contributed by atoms with Crippen molar-refractivity contribution in [3.05, 3.63) is 27.3 Å². The minimum Gasteiger partial charge on any atom is -0.497 e. The van der Waals surface area contributed by atoms with Crippen molar-refractivity contribution in [2.24, 2.45) is 0 Å². The number of aliphatic carboxylic acids is 1. The first-order chi connectivity index (χ1) is 9.04. The first-order valence-electron chi connectivity index (χ1n) is 5.46. The maximum absolute atomic E-state index is 11.9. The molecular weight excluding hydrogens is 381 g/mol. The molecule has 1 aromatic rings. The summed E-state index contributed by atoms with van der Waals surface area (Å²) >= 11 is 3.35. The van der Waals surface area contributed by atoms with Crippen molar-refractivity contribution in [2.75, 3.05) is 25.2 Å². The molecule has 0 heterocycles. The highest BCUT2D eigenvalue weighted by molar-refractivity contribution is 14.1. The minimum atomic E-state index is -0.846. The number of nitrogens with one attached hydrogen (secondary N) is 1. The first-order valence-corrected chi connectivity index (χ1v) is 7.69. The van der Waals surface area contributed by atoms with Crippen molar-refractivity contribution in [1.82, 2.24) is 5.32 Å². The van der Waals surface area contributed by atoms with Crippen LogP contribution in [0.4, 0.5) is 0 Å². The van der Waals surface area contributed by atoms with Crippen molar-refractivity contribution in [3.8, 4) is 5.75 Å². The van der Waals surface area contributed by atoms with E-state index in [-0.39, 0.29) is 11.7 Å². The van der Waals surface area contributed by atoms with E-state index in [0.29, 0.717) is 23.6 Å². The first kappa shape index (κ1) is 16.1. The maximum Gasteiger partial charge on any atom is 0.313 e. The standard InChI is InChI=1S/C12H14INO4S/c1-18-8-2-3-9(10(13)6-8)12(17)14-4-5-19-7-11(15)16/h2-3,6H,4-5,7H2,1H3,(H,14,17)(H,15,16). The number of hydrogen-bond donors (Lipinski definition) is 2. The summed E-state index contributed by atoms with van der Waals surface area (Å²) in [7, 11) is 1.57. The molecule has 0 saturated heterocycles. The molecule has 0 unspecified atom stereocenters. The molecule has 1 rings (SSSR count). The number of amides is 1. The molecule has 0 aliphatic rings. The Morgan fingerprint density at radius 1 is 1.47 bits per heavy atom. The fourth-order valence-electron chi connectivity index (χ4n) is 1.30. The molecule has 1 amide bonds. The van der Waals surface area contributed by atoms with E-state index < -0.39 is 5.97 Å². The van der Waals surface area contributed by atoms with E-state index in [0.717, 1.165) is 3.57 Å². The van der Waals surface area contributed by atoms with Crippen molar-refractivity contribution in [2.45, 2.75) is 0 Å². The molecule has 0 atom stereocenters. The number of carboxylic acid groups (broad SMARTS) is 1. The lowest BCUT2D eigenvalue weighted by molar-refractivity contribution is -0.133. The zero-order valence-corrected chi connectivity index (χ0v) is 13.3. The molecule has 1 aromatic carbocycles. The lowest BCUT2D eigenvalue weighted by atomic mass is 10.2. The van der Waals surface area contributed by atoms with Gasteiger partial charge < -0.3 is 15.2 Å². The van der Waals surface area contributed by atoms with Crippen molar-refractivity contribution < 1.29 is 19.4 Å². The Morgan fingerprint density at radius 3 is 2.79 bits per heavy atom. The lowest BCUT2D eigenvalue weighted by Gasteiger charge is -2.08. The van der Waals surface area contributed by atoms with Crippen LogP contribution in [0.1, 0.15) is 10.4 Å². The van der Waals surface area contributed by atoms with Crippen LogP contribution in [0.2, 0.25) is 0 Å². The number of carboxylic acids is 1. The third-order valence-electron chi connectivity index (χ3n) is 2.18. The molecule has 0 aromatic heterocycles. The van der Waals surface area contributed by atoms with Crippen molar-refractivity contribution in [1.29, 1.82) is 0 Å². The van der Waals surface area contributed by atoms with Gasteiger partial charge in [0.05, 0.1) is 18.4 Å². The zero-order valence-electron chi connectivity index (χ0n) is 10.3. The Kier molecular flexibility index (Phi) is 7.00. The van der Waals surface area contributed by atoms with E-state index >= 15 is 0 Å². The molecule has 2 N–H and O–H groups in total. The number of benzene rings is 1. The number of halogens is 1. The Morgan fingerprint density at radius 2 is 2.21 bits per heavy atom. The van der Waals surface area contributed by atoms with E-state index in [1.807, 2.05) is 0 Å². The minimum absolute atomic E-state index is 0.0515. The predicted molar refractivity (Wildman–Crippen MR) is 83.0 cm³/mol. The van der Waals surface area contributed by atoms with Gasteiger partial charge in [0, 0.05) is 15.9 Å². The monoisotopic (exact) mass is 395 g/mol. The van der Waals surface area contributed by atoms with Gasteiger partial charge in [-0.2, -0.15) is 0 Å². The highest BCUT2D eigenvalue weighted by Gasteiger charge is 2.10. The third-order valence-corrected chi connectivity index (χ3v) is 4.01. The highest BCUT2D eigenvalue weighted by Crippen LogP contribution is 2.19. The van der Waals surface area contributed by atoms with E-state index in [1.54, 1.807) is 25.3 Å². The fourth-order valence-corrected chi connectivity index (χ4v) is 2.60. The van der Waals surface area contributed by atoms with Gasteiger partial charge in [-0.3, -0.25) is 9.59 Å². The van der Waals surface area contributed by atoms with Crippen LogP contribution in [0, 0.1) is 3.57 Å². The number of ether oxygens (including phenoxy) is 1. The van der Waals surface area contributed by atoms with Crippen LogP contribution < -0.4 is 10.1 Å². The van der Waals surface area contributed by atoms with Crippen LogP contribution in [0.5, 0.6) is 5.75 Å². The van der Waals surface area contributed by atoms with Gasteiger partial charge in [-0.05, 0) is 40.8 Å². The third kappa shape index (κ3) is 5.68. The SMILES string of the molecule is COc1ccc(C(=O)NCCSCC(=O)O)c(I)c1.